The molecule has 0 radical (unpaired) electrons. The van der Waals surface area contributed by atoms with Crippen molar-refractivity contribution in [1.82, 2.24) is 0 Å². The molecule has 0 spiro atoms. The third-order valence-corrected chi connectivity index (χ3v) is 4.62. The largest absolute Gasteiger partial charge is 0.198 e. The van der Waals surface area contributed by atoms with Crippen molar-refractivity contribution in [3.05, 3.63) is 0 Å². The van der Waals surface area contributed by atoms with Gasteiger partial charge in [-0.05, 0) is 44.9 Å². The Hall–Kier alpha value is -2.04. The van der Waals surface area contributed by atoms with E-state index < -0.39 is 0 Å². The average Bonchev–Trinajstić information content (AvgIpc) is 2.80. The molecule has 0 aliphatic rings. The van der Waals surface area contributed by atoms with Crippen LogP contribution >= 0.6 is 0 Å². The highest BCUT2D eigenvalue weighted by Gasteiger charge is 2.07. The Morgan fingerprint density at radius 3 is 1.00 bits per heavy atom. The molecule has 4 nitrogen and oxygen atoms in total. The first-order chi connectivity index (χ1) is 15.9. The van der Waals surface area contributed by atoms with Crippen LogP contribution < -0.4 is 0 Å². The summed E-state index contributed by atoms with van der Waals surface area (Å²) in [7, 11) is 0. The Balaban J connectivity index is -0.000000103. The number of nitrogens with zero attached hydrogens (tertiary/aromatic N) is 4. The van der Waals surface area contributed by atoms with Gasteiger partial charge in [-0.25, -0.2) is 0 Å². The molecule has 0 saturated heterocycles. The lowest BCUT2D eigenvalue weighted by Crippen LogP contribution is -2.01. The molecule has 4 heteroatoms. The summed E-state index contributed by atoms with van der Waals surface area (Å²) in [6, 6.07) is 8.64. The molecule has 0 amide bonds. The predicted octanol–water partition coefficient (Wildman–Crippen LogP) is 10.4. The van der Waals surface area contributed by atoms with E-state index in [1.165, 1.54) is 25.7 Å². The van der Waals surface area contributed by atoms with Crippen LogP contribution in [-0.4, -0.2) is 0 Å². The van der Waals surface area contributed by atoms with Crippen LogP contribution in [0.25, 0.3) is 0 Å². The van der Waals surface area contributed by atoms with Crippen molar-refractivity contribution in [2.45, 2.75) is 147 Å². The second-order valence-electron chi connectivity index (χ2n) is 9.88. The van der Waals surface area contributed by atoms with E-state index in [0.717, 1.165) is 38.5 Å². The Labute approximate surface area is 215 Å². The molecular formula is C30H58N4. The molecule has 0 rings (SSSR count). The van der Waals surface area contributed by atoms with E-state index in [2.05, 4.69) is 72.7 Å². The molecule has 0 aromatic heterocycles. The lowest BCUT2D eigenvalue weighted by Gasteiger charge is -2.10. The zero-order valence-corrected chi connectivity index (χ0v) is 24.8. The first kappa shape index (κ1) is 42.1. The molecule has 198 valence electrons. The average molecular weight is 475 g/mol. The summed E-state index contributed by atoms with van der Waals surface area (Å²) < 4.78 is 0. The maximum Gasteiger partial charge on any atom is 0.0655 e. The Kier molecular flexibility index (Phi) is 44.1. The second kappa shape index (κ2) is 35.5. The fourth-order valence-corrected chi connectivity index (χ4v) is 2.20. The van der Waals surface area contributed by atoms with Crippen molar-refractivity contribution >= 4 is 0 Å². The van der Waals surface area contributed by atoms with E-state index >= 15 is 0 Å². The fourth-order valence-electron chi connectivity index (χ4n) is 2.20. The highest BCUT2D eigenvalue weighted by atomic mass is 14.3. The number of rotatable bonds is 9. The molecule has 2 unspecified atom stereocenters. The third kappa shape index (κ3) is 57.2. The van der Waals surface area contributed by atoms with Crippen LogP contribution in [0.5, 0.6) is 0 Å². The van der Waals surface area contributed by atoms with Crippen molar-refractivity contribution in [2.75, 3.05) is 0 Å². The van der Waals surface area contributed by atoms with Gasteiger partial charge in [-0.15, -0.1) is 0 Å². The third-order valence-electron chi connectivity index (χ3n) is 4.62. The monoisotopic (exact) mass is 474 g/mol. The minimum Gasteiger partial charge on any atom is -0.198 e. The van der Waals surface area contributed by atoms with Crippen LogP contribution in [0.15, 0.2) is 0 Å². The maximum atomic E-state index is 8.28. The van der Waals surface area contributed by atoms with Gasteiger partial charge < -0.3 is 0 Å². The first-order valence-corrected chi connectivity index (χ1v) is 13.5. The molecule has 0 aromatic rings. The molecular weight excluding hydrogens is 416 g/mol. The van der Waals surface area contributed by atoms with Gasteiger partial charge in [0, 0.05) is 24.2 Å². The topological polar surface area (TPSA) is 95.2 Å². The van der Waals surface area contributed by atoms with E-state index in [0.29, 0.717) is 12.3 Å². The van der Waals surface area contributed by atoms with Gasteiger partial charge in [0.1, 0.15) is 0 Å². The highest BCUT2D eigenvalue weighted by Crippen LogP contribution is 2.16. The Morgan fingerprint density at radius 2 is 0.941 bits per heavy atom. The van der Waals surface area contributed by atoms with Gasteiger partial charge in [0.15, 0.2) is 0 Å². The first-order valence-electron chi connectivity index (χ1n) is 13.5. The summed E-state index contributed by atoms with van der Waals surface area (Å²) in [6.07, 6.45) is 12.5. The summed E-state index contributed by atoms with van der Waals surface area (Å²) in [5.74, 6) is 0.801. The summed E-state index contributed by atoms with van der Waals surface area (Å²) in [4.78, 5) is 0. The summed E-state index contributed by atoms with van der Waals surface area (Å²) in [5.41, 5.74) is 0.189. The molecule has 0 aliphatic heterocycles. The van der Waals surface area contributed by atoms with E-state index in [1.807, 2.05) is 27.7 Å². The van der Waals surface area contributed by atoms with Crippen LogP contribution in [0.3, 0.4) is 0 Å². The zero-order valence-electron chi connectivity index (χ0n) is 24.8. The van der Waals surface area contributed by atoms with E-state index in [9.17, 15) is 0 Å². The van der Waals surface area contributed by atoms with E-state index in [1.54, 1.807) is 0 Å². The van der Waals surface area contributed by atoms with Crippen molar-refractivity contribution in [1.29, 1.82) is 21.0 Å². The van der Waals surface area contributed by atoms with Gasteiger partial charge in [0.2, 0.25) is 0 Å². The SMILES string of the molecule is CC(C)(C)CC#N.CCC(C#N)CC.CCCC(C)C#N.CCCC(C)C#N.CCCCCC. The molecule has 0 aliphatic carbocycles. The highest BCUT2D eigenvalue weighted by molar-refractivity contribution is 4.79. The Morgan fingerprint density at radius 1 is 0.588 bits per heavy atom. The number of unbranched alkanes of at least 4 members (excludes halogenated alkanes) is 3. The van der Waals surface area contributed by atoms with Crippen LogP contribution in [0.1, 0.15) is 147 Å². The molecule has 0 N–H and O–H groups in total. The predicted molar refractivity (Wildman–Crippen MR) is 149 cm³/mol. The van der Waals surface area contributed by atoms with Crippen molar-refractivity contribution in [3.63, 3.8) is 0 Å². The molecule has 0 saturated carbocycles. The molecule has 34 heavy (non-hydrogen) atoms. The number of hydrogen-bond acceptors (Lipinski definition) is 4. The van der Waals surface area contributed by atoms with Gasteiger partial charge in [-0.2, -0.15) is 21.0 Å². The molecule has 0 bridgehead atoms. The minimum atomic E-state index is 0.189. The molecule has 0 heterocycles. The van der Waals surface area contributed by atoms with Crippen molar-refractivity contribution in [3.8, 4) is 24.3 Å². The quantitative estimate of drug-likeness (QED) is 0.310. The normalized spacial score (nSPS) is 10.8. The number of hydrogen-bond donors (Lipinski definition) is 0. The molecule has 2 atom stereocenters. The van der Waals surface area contributed by atoms with Crippen LogP contribution in [0.4, 0.5) is 0 Å². The van der Waals surface area contributed by atoms with Gasteiger partial charge in [-0.1, -0.05) is 101 Å². The fraction of sp³-hybridized carbons (Fsp3) is 0.867. The van der Waals surface area contributed by atoms with Gasteiger partial charge in [0.05, 0.1) is 24.3 Å². The van der Waals surface area contributed by atoms with Gasteiger partial charge in [-0.3, -0.25) is 0 Å². The minimum absolute atomic E-state index is 0.189. The van der Waals surface area contributed by atoms with Gasteiger partial charge in [0.25, 0.3) is 0 Å². The number of nitriles is 4. The van der Waals surface area contributed by atoms with Crippen LogP contribution in [0, 0.1) is 68.5 Å². The van der Waals surface area contributed by atoms with E-state index in [4.69, 9.17) is 21.0 Å². The Bertz CT molecular complexity index is 505. The second-order valence-corrected chi connectivity index (χ2v) is 9.88. The van der Waals surface area contributed by atoms with Gasteiger partial charge >= 0.3 is 0 Å². The van der Waals surface area contributed by atoms with Crippen LogP contribution in [-0.2, 0) is 0 Å². The smallest absolute Gasteiger partial charge is 0.0655 e. The lowest BCUT2D eigenvalue weighted by atomic mass is 9.93. The maximum absolute atomic E-state index is 8.28. The molecule has 0 aromatic carbocycles. The van der Waals surface area contributed by atoms with Crippen LogP contribution in [0.2, 0.25) is 0 Å². The summed E-state index contributed by atoms with van der Waals surface area (Å²) >= 11 is 0. The lowest BCUT2D eigenvalue weighted by molar-refractivity contribution is 0.426. The zero-order chi connectivity index (χ0) is 27.8. The summed E-state index contributed by atoms with van der Waals surface area (Å²) in [5, 5.41) is 32.9. The van der Waals surface area contributed by atoms with Crippen molar-refractivity contribution < 1.29 is 0 Å². The summed E-state index contributed by atoms with van der Waals surface area (Å²) in [6.45, 7) is 22.8. The molecule has 0 fully saturated rings. The standard InChI is InChI=1S/4C6H11N.C6H14/c1-6(2,3)4-5-7;2*1-3-4-6(2)5-7;1-3-6(4-2)5-7;1-3-5-6-4-2/h4H2,1-3H3;3*6H,3-4H2,1-2H3;3-6H2,1-2H3. The van der Waals surface area contributed by atoms with Crippen molar-refractivity contribution in [2.24, 2.45) is 23.2 Å². The van der Waals surface area contributed by atoms with E-state index in [-0.39, 0.29) is 17.3 Å².